The molecule has 0 aliphatic carbocycles. The van der Waals surface area contributed by atoms with E-state index in [9.17, 15) is 9.18 Å². The molecule has 1 aromatic heterocycles. The third kappa shape index (κ3) is 6.12. The van der Waals surface area contributed by atoms with Crippen LogP contribution in [0.5, 0.6) is 0 Å². The molecule has 0 aliphatic heterocycles. The van der Waals surface area contributed by atoms with Gasteiger partial charge in [0.2, 0.25) is 5.91 Å². The maximum absolute atomic E-state index is 12.8. The third-order valence-corrected chi connectivity index (χ3v) is 3.10. The van der Waals surface area contributed by atoms with Crippen LogP contribution in [0, 0.1) is 5.82 Å². The van der Waals surface area contributed by atoms with Crippen molar-refractivity contribution in [3.8, 4) is 0 Å². The number of hydrogen-bond acceptors (Lipinski definition) is 3. The molecule has 0 saturated carbocycles. The number of benzene rings is 1. The molecular weight excluding hydrogens is 311 g/mol. The summed E-state index contributed by atoms with van der Waals surface area (Å²) in [6, 6.07) is 9.34. The number of carbonyl (C=O) groups excluding carboxylic acids is 1. The Bertz CT molecular complexity index is 654. The van der Waals surface area contributed by atoms with Crippen LogP contribution in [0.1, 0.15) is 12.7 Å². The van der Waals surface area contributed by atoms with Crippen molar-refractivity contribution < 1.29 is 13.6 Å². The van der Waals surface area contributed by atoms with Crippen molar-refractivity contribution in [2.45, 2.75) is 13.3 Å². The van der Waals surface area contributed by atoms with Gasteiger partial charge in [-0.2, -0.15) is 0 Å². The summed E-state index contributed by atoms with van der Waals surface area (Å²) in [6.45, 7) is 3.24. The summed E-state index contributed by atoms with van der Waals surface area (Å²) in [6.07, 6.45) is 2.35. The van der Waals surface area contributed by atoms with Gasteiger partial charge in [0.05, 0.1) is 6.26 Å². The molecule has 1 amide bonds. The third-order valence-electron chi connectivity index (χ3n) is 3.10. The summed E-state index contributed by atoms with van der Waals surface area (Å²) in [5.74, 6) is 0.816. The zero-order valence-corrected chi connectivity index (χ0v) is 13.5. The highest BCUT2D eigenvalue weighted by Gasteiger charge is 2.04. The van der Waals surface area contributed by atoms with Crippen LogP contribution in [0.25, 0.3) is 0 Å². The number of nitrogens with zero attached hydrogens (tertiary/aromatic N) is 1. The van der Waals surface area contributed by atoms with Gasteiger partial charge in [0.25, 0.3) is 0 Å². The van der Waals surface area contributed by atoms with Crippen LogP contribution in [0.3, 0.4) is 0 Å². The van der Waals surface area contributed by atoms with E-state index in [1.54, 1.807) is 6.26 Å². The lowest BCUT2D eigenvalue weighted by Gasteiger charge is -2.10. The summed E-state index contributed by atoms with van der Waals surface area (Å²) in [5.41, 5.74) is 0.535. The van der Waals surface area contributed by atoms with Crippen molar-refractivity contribution in [3.63, 3.8) is 0 Å². The van der Waals surface area contributed by atoms with Crippen molar-refractivity contribution in [1.82, 2.24) is 10.6 Å². The van der Waals surface area contributed by atoms with Crippen molar-refractivity contribution in [2.75, 3.05) is 25.0 Å². The van der Waals surface area contributed by atoms with Crippen molar-refractivity contribution in [1.29, 1.82) is 0 Å². The van der Waals surface area contributed by atoms with Crippen LogP contribution in [0.4, 0.5) is 10.1 Å². The number of carbonyl (C=O) groups is 1. The van der Waals surface area contributed by atoms with Crippen LogP contribution >= 0.6 is 0 Å². The highest BCUT2D eigenvalue weighted by Crippen LogP contribution is 2.07. The normalized spacial score (nSPS) is 11.2. The number of halogens is 1. The first kappa shape index (κ1) is 17.5. The summed E-state index contributed by atoms with van der Waals surface area (Å²) in [7, 11) is 0. The fourth-order valence-electron chi connectivity index (χ4n) is 1.99. The monoisotopic (exact) mass is 332 g/mol. The van der Waals surface area contributed by atoms with Gasteiger partial charge in [-0.15, -0.1) is 0 Å². The van der Waals surface area contributed by atoms with Gasteiger partial charge in [-0.1, -0.05) is 0 Å². The molecule has 0 radical (unpaired) electrons. The summed E-state index contributed by atoms with van der Waals surface area (Å²) in [5, 5.41) is 8.86. The largest absolute Gasteiger partial charge is 0.469 e. The lowest BCUT2D eigenvalue weighted by atomic mass is 10.3. The minimum atomic E-state index is -0.346. The fraction of sp³-hybridized carbons (Fsp3) is 0.294. The van der Waals surface area contributed by atoms with Gasteiger partial charge in [0.1, 0.15) is 18.1 Å². The molecule has 0 aliphatic rings. The molecule has 0 bridgehead atoms. The van der Waals surface area contributed by atoms with Gasteiger partial charge in [-0.05, 0) is 43.3 Å². The Kier molecular flexibility index (Phi) is 6.82. The van der Waals surface area contributed by atoms with Gasteiger partial charge >= 0.3 is 0 Å². The molecule has 0 spiro atoms. The Labute approximate surface area is 140 Å². The van der Waals surface area contributed by atoms with E-state index in [1.807, 2.05) is 19.1 Å². The average Bonchev–Trinajstić information content (AvgIpc) is 3.08. The van der Waals surface area contributed by atoms with Gasteiger partial charge in [0.15, 0.2) is 5.96 Å². The molecule has 1 heterocycles. The Morgan fingerprint density at radius 2 is 2.00 bits per heavy atom. The van der Waals surface area contributed by atoms with Gasteiger partial charge in [-0.3, -0.25) is 4.79 Å². The zero-order valence-electron chi connectivity index (χ0n) is 13.5. The summed E-state index contributed by atoms with van der Waals surface area (Å²) in [4.78, 5) is 16.1. The van der Waals surface area contributed by atoms with Gasteiger partial charge in [-0.25, -0.2) is 9.38 Å². The fourth-order valence-corrected chi connectivity index (χ4v) is 1.99. The van der Waals surface area contributed by atoms with Crippen LogP contribution in [-0.2, 0) is 11.2 Å². The smallest absolute Gasteiger partial charge is 0.246 e. The van der Waals surface area contributed by atoms with E-state index >= 15 is 0 Å². The molecule has 2 aromatic rings. The first-order chi connectivity index (χ1) is 11.7. The first-order valence-corrected chi connectivity index (χ1v) is 7.77. The Morgan fingerprint density at radius 1 is 1.21 bits per heavy atom. The minimum Gasteiger partial charge on any atom is -0.469 e. The molecule has 128 valence electrons. The molecule has 0 unspecified atom stereocenters. The topological polar surface area (TPSA) is 78.7 Å². The second-order valence-electron chi connectivity index (χ2n) is 5.01. The number of furan rings is 1. The van der Waals surface area contributed by atoms with Crippen molar-refractivity contribution >= 4 is 17.6 Å². The van der Waals surface area contributed by atoms with E-state index in [1.165, 1.54) is 24.3 Å². The quantitative estimate of drug-likeness (QED) is 0.536. The number of rotatable bonds is 7. The predicted molar refractivity (Wildman–Crippen MR) is 91.4 cm³/mol. The number of aliphatic imine (C=N–C) groups is 1. The van der Waals surface area contributed by atoms with E-state index in [2.05, 4.69) is 20.9 Å². The van der Waals surface area contributed by atoms with Crippen LogP contribution in [0.2, 0.25) is 0 Å². The summed E-state index contributed by atoms with van der Waals surface area (Å²) >= 11 is 0. The van der Waals surface area contributed by atoms with Crippen LogP contribution in [-0.4, -0.2) is 31.5 Å². The van der Waals surface area contributed by atoms with E-state index in [4.69, 9.17) is 4.42 Å². The molecule has 0 fully saturated rings. The number of amides is 1. The maximum atomic E-state index is 12.8. The maximum Gasteiger partial charge on any atom is 0.246 e. The second-order valence-corrected chi connectivity index (χ2v) is 5.01. The molecule has 0 atom stereocenters. The van der Waals surface area contributed by atoms with Crippen molar-refractivity contribution in [3.05, 3.63) is 54.2 Å². The van der Waals surface area contributed by atoms with Crippen LogP contribution < -0.4 is 16.0 Å². The van der Waals surface area contributed by atoms with E-state index in [-0.39, 0.29) is 18.3 Å². The van der Waals surface area contributed by atoms with Gasteiger partial charge < -0.3 is 20.4 Å². The second kappa shape index (κ2) is 9.34. The number of guanidine groups is 1. The standard InChI is InChI=1S/C17H21FN4O2/c1-2-19-17(20-10-9-15-4-3-11-24-15)21-12-16(23)22-14-7-5-13(18)6-8-14/h3-8,11H,2,9-10,12H2,1H3,(H,22,23)(H2,19,20,21). The molecule has 1 aromatic carbocycles. The molecular formula is C17H21FN4O2. The van der Waals surface area contributed by atoms with Gasteiger partial charge in [0, 0.05) is 25.2 Å². The van der Waals surface area contributed by atoms with E-state index in [0.717, 1.165) is 12.2 Å². The SMILES string of the molecule is CCNC(=NCC(=O)Nc1ccc(F)cc1)NCCc1ccco1. The molecule has 0 saturated heterocycles. The lowest BCUT2D eigenvalue weighted by Crippen LogP contribution is -2.39. The predicted octanol–water partition coefficient (Wildman–Crippen LogP) is 2.15. The van der Waals surface area contributed by atoms with E-state index < -0.39 is 0 Å². The van der Waals surface area contributed by atoms with E-state index in [0.29, 0.717) is 24.7 Å². The lowest BCUT2D eigenvalue weighted by molar-refractivity contribution is -0.114. The Morgan fingerprint density at radius 3 is 2.67 bits per heavy atom. The molecule has 7 heteroatoms. The Hall–Kier alpha value is -2.83. The summed E-state index contributed by atoms with van der Waals surface area (Å²) < 4.78 is 18.1. The molecule has 3 N–H and O–H groups in total. The molecule has 2 rings (SSSR count). The Balaban J connectivity index is 1.80. The van der Waals surface area contributed by atoms with Crippen molar-refractivity contribution in [2.24, 2.45) is 4.99 Å². The number of hydrogen-bond donors (Lipinski definition) is 3. The van der Waals surface area contributed by atoms with Crippen LogP contribution in [0.15, 0.2) is 52.1 Å². The first-order valence-electron chi connectivity index (χ1n) is 7.77. The zero-order chi connectivity index (χ0) is 17.2. The minimum absolute atomic E-state index is 0.0343. The molecule has 6 nitrogen and oxygen atoms in total. The number of nitrogens with one attached hydrogen (secondary N) is 3. The molecule has 24 heavy (non-hydrogen) atoms. The average molecular weight is 332 g/mol. The highest BCUT2D eigenvalue weighted by molar-refractivity contribution is 5.94. The number of anilines is 1. The highest BCUT2D eigenvalue weighted by atomic mass is 19.1.